The highest BCUT2D eigenvalue weighted by Crippen LogP contribution is 2.46. The number of hydrogen-bond donors (Lipinski definition) is 3. The monoisotopic (exact) mass is 675 g/mol. The average Bonchev–Trinajstić information content (AvgIpc) is 3.81. The van der Waals surface area contributed by atoms with Crippen molar-refractivity contribution in [1.82, 2.24) is 20.5 Å². The van der Waals surface area contributed by atoms with E-state index in [1.54, 1.807) is 28.1 Å². The number of para-hydroxylation sites is 1. The summed E-state index contributed by atoms with van der Waals surface area (Å²) in [5.74, 6) is 0.686. The molecule has 0 unspecified atom stereocenters. The molecule has 2 aromatic heterocycles. The molecule has 12 heteroatoms. The van der Waals surface area contributed by atoms with Crippen molar-refractivity contribution in [3.8, 4) is 17.6 Å². The Bertz CT molecular complexity index is 2030. The second kappa shape index (κ2) is 13.0. The van der Waals surface area contributed by atoms with Gasteiger partial charge in [-0.1, -0.05) is 18.2 Å². The Balaban J connectivity index is 1.09. The first-order valence-corrected chi connectivity index (χ1v) is 17.3. The predicted octanol–water partition coefficient (Wildman–Crippen LogP) is 6.78. The van der Waals surface area contributed by atoms with E-state index in [9.17, 15) is 19.6 Å². The van der Waals surface area contributed by atoms with E-state index in [1.165, 1.54) is 11.3 Å². The molecule has 0 bridgehead atoms. The number of rotatable bonds is 9. The number of benzene rings is 2. The summed E-state index contributed by atoms with van der Waals surface area (Å²) in [4.78, 5) is 49.6. The Morgan fingerprint density at radius 2 is 1.88 bits per heavy atom. The van der Waals surface area contributed by atoms with Crippen LogP contribution in [-0.4, -0.2) is 58.4 Å². The van der Waals surface area contributed by atoms with E-state index >= 15 is 0 Å². The van der Waals surface area contributed by atoms with E-state index in [0.29, 0.717) is 69.1 Å². The van der Waals surface area contributed by atoms with E-state index in [0.717, 1.165) is 18.4 Å². The molecule has 250 valence electrons. The van der Waals surface area contributed by atoms with Gasteiger partial charge in [-0.15, -0.1) is 11.3 Å². The van der Waals surface area contributed by atoms with Crippen LogP contribution in [0.1, 0.15) is 54.8 Å². The molecule has 49 heavy (non-hydrogen) atoms. The minimum atomic E-state index is -0.486. The number of amides is 4. The van der Waals surface area contributed by atoms with Crippen molar-refractivity contribution < 1.29 is 19.1 Å². The number of urea groups is 1. The van der Waals surface area contributed by atoms with Crippen LogP contribution in [0.5, 0.6) is 11.5 Å². The van der Waals surface area contributed by atoms with Gasteiger partial charge in [0, 0.05) is 36.9 Å². The Morgan fingerprint density at radius 1 is 1.08 bits per heavy atom. The summed E-state index contributed by atoms with van der Waals surface area (Å²) in [5.41, 5.74) is 2.17. The van der Waals surface area contributed by atoms with Gasteiger partial charge in [-0.05, 0) is 94.5 Å². The maximum Gasteiger partial charge on any atom is 0.331 e. The Kier molecular flexibility index (Phi) is 8.56. The van der Waals surface area contributed by atoms with Crippen molar-refractivity contribution in [3.63, 3.8) is 0 Å². The highest BCUT2D eigenvalue weighted by Gasteiger charge is 2.35. The van der Waals surface area contributed by atoms with Gasteiger partial charge >= 0.3 is 6.03 Å². The zero-order chi connectivity index (χ0) is 34.3. The molecule has 1 atom stereocenters. The van der Waals surface area contributed by atoms with Crippen LogP contribution >= 0.6 is 11.3 Å². The van der Waals surface area contributed by atoms with E-state index in [1.807, 2.05) is 69.3 Å². The van der Waals surface area contributed by atoms with Gasteiger partial charge < -0.3 is 25.6 Å². The largest absolute Gasteiger partial charge is 0.457 e. The van der Waals surface area contributed by atoms with Crippen molar-refractivity contribution in [2.45, 2.75) is 64.1 Å². The topological polar surface area (TPSA) is 140 Å². The molecule has 0 spiro atoms. The number of nitrogens with one attached hydrogen (secondary N) is 3. The molecule has 2 aromatic carbocycles. The third-order valence-electron chi connectivity index (χ3n) is 8.89. The van der Waals surface area contributed by atoms with Crippen LogP contribution < -0.4 is 25.6 Å². The number of hydrogen-bond acceptors (Lipinski definition) is 8. The van der Waals surface area contributed by atoms with Crippen LogP contribution in [0.4, 0.5) is 21.9 Å². The van der Waals surface area contributed by atoms with E-state index in [4.69, 9.17) is 4.74 Å². The Morgan fingerprint density at radius 3 is 2.61 bits per heavy atom. The quantitative estimate of drug-likeness (QED) is 0.131. The molecule has 2 aliphatic heterocycles. The number of aromatic nitrogens is 1. The molecular weight excluding hydrogens is 639 g/mol. The number of nitriles is 1. The highest BCUT2D eigenvalue weighted by atomic mass is 32.1. The smallest absolute Gasteiger partial charge is 0.331 e. The van der Waals surface area contributed by atoms with E-state index in [2.05, 4.69) is 27.0 Å². The Labute approximate surface area is 288 Å². The predicted molar refractivity (Wildman–Crippen MR) is 189 cm³/mol. The molecule has 7 rings (SSSR count). The third kappa shape index (κ3) is 6.72. The van der Waals surface area contributed by atoms with Gasteiger partial charge in [-0.3, -0.25) is 14.5 Å². The third-order valence-corrected chi connectivity index (χ3v) is 9.99. The van der Waals surface area contributed by atoms with Gasteiger partial charge in [0.15, 0.2) is 0 Å². The van der Waals surface area contributed by atoms with Gasteiger partial charge in [-0.25, -0.2) is 9.78 Å². The molecule has 3 aliphatic rings. The lowest BCUT2D eigenvalue weighted by molar-refractivity contribution is -0.128. The van der Waals surface area contributed by atoms with E-state index < -0.39 is 11.6 Å². The first-order valence-electron chi connectivity index (χ1n) is 16.5. The second-order valence-electron chi connectivity index (χ2n) is 13.3. The van der Waals surface area contributed by atoms with Crippen molar-refractivity contribution >= 4 is 56.5 Å². The minimum Gasteiger partial charge on any atom is -0.457 e. The number of anilines is 3. The normalized spacial score (nSPS) is 17.8. The number of carbonyl (C=O) groups is 3. The van der Waals surface area contributed by atoms with Crippen LogP contribution in [0, 0.1) is 18.3 Å². The molecule has 0 radical (unpaired) electrons. The first kappa shape index (κ1) is 32.3. The fraction of sp³-hybridized carbons (Fsp3) is 0.324. The lowest BCUT2D eigenvalue weighted by Gasteiger charge is -2.33. The average molecular weight is 676 g/mol. The molecule has 4 aromatic rings. The second-order valence-corrected chi connectivity index (χ2v) is 14.3. The summed E-state index contributed by atoms with van der Waals surface area (Å²) < 4.78 is 5.99. The molecular formula is C37H37N7O4S. The molecule has 2 fully saturated rings. The maximum atomic E-state index is 13.8. The number of thiophene rings is 1. The van der Waals surface area contributed by atoms with Crippen molar-refractivity contribution in [1.29, 1.82) is 5.26 Å². The summed E-state index contributed by atoms with van der Waals surface area (Å²) >= 11 is 1.21. The summed E-state index contributed by atoms with van der Waals surface area (Å²) in [7, 11) is 0. The highest BCUT2D eigenvalue weighted by molar-refractivity contribution is 7.21. The van der Waals surface area contributed by atoms with Gasteiger partial charge in [0.25, 0.3) is 11.8 Å². The number of ether oxygens (including phenoxy) is 1. The molecule has 1 aliphatic carbocycles. The lowest BCUT2D eigenvalue weighted by Crippen LogP contribution is -2.50. The van der Waals surface area contributed by atoms with Crippen LogP contribution in [0.25, 0.3) is 10.2 Å². The minimum absolute atomic E-state index is 0.0959. The molecule has 1 saturated carbocycles. The summed E-state index contributed by atoms with van der Waals surface area (Å²) in [6.07, 6.45) is 6.91. The van der Waals surface area contributed by atoms with Crippen molar-refractivity contribution in [3.05, 3.63) is 82.9 Å². The molecule has 4 amide bonds. The van der Waals surface area contributed by atoms with Crippen LogP contribution in [0.15, 0.2) is 72.4 Å². The molecule has 1 saturated heterocycles. The zero-order valence-electron chi connectivity index (χ0n) is 27.6. The number of aryl methyl sites for hydroxylation is 1. The molecule has 4 heterocycles. The van der Waals surface area contributed by atoms with Gasteiger partial charge in [0.1, 0.15) is 32.8 Å². The fourth-order valence-corrected chi connectivity index (χ4v) is 7.57. The Hall–Kier alpha value is -5.25. The zero-order valence-corrected chi connectivity index (χ0v) is 28.4. The molecule has 11 nitrogen and oxygen atoms in total. The lowest BCUT2D eigenvalue weighted by atomic mass is 9.99. The standard InChI is InChI=1S/C37H37N7O4S/c1-22-18-27(48-26-9-5-4-6-10-26)13-14-28(22)44-29-15-16-39-34-30(29)31(41-36(44)47)32(49-34)33(45)40-25-8-7-17-43(21-25)35(46)23(20-38)19-37(2,3)42-24-11-12-24/h4-6,9-10,13-16,18-19,24-25,42H,7-8,11-12,17,21H2,1-3H3,(H,40,45)(H,41,47)/b23-19+/t25-/m1/s1. The van der Waals surface area contributed by atoms with Gasteiger partial charge in [0.2, 0.25) is 0 Å². The summed E-state index contributed by atoms with van der Waals surface area (Å²) in [6.45, 7) is 6.63. The first-order chi connectivity index (χ1) is 23.6. The fourth-order valence-electron chi connectivity index (χ4n) is 6.55. The van der Waals surface area contributed by atoms with Crippen molar-refractivity contribution in [2.75, 3.05) is 23.3 Å². The van der Waals surface area contributed by atoms with Crippen LogP contribution in [0.2, 0.25) is 0 Å². The maximum absolute atomic E-state index is 13.8. The van der Waals surface area contributed by atoms with Crippen molar-refractivity contribution in [2.24, 2.45) is 0 Å². The van der Waals surface area contributed by atoms with Crippen LogP contribution in [-0.2, 0) is 4.79 Å². The van der Waals surface area contributed by atoms with E-state index in [-0.39, 0.29) is 30.0 Å². The molecule has 3 N–H and O–H groups in total. The SMILES string of the molecule is Cc1cc(Oc2ccccc2)ccc1N1C(=O)Nc2c(C(=O)N[C@@H]3CCCN(C(=O)/C(C#N)=C/C(C)(C)NC4CC4)C3)sc3nccc1c23. The summed E-state index contributed by atoms with van der Waals surface area (Å²) in [6, 6.07) is 18.6. The summed E-state index contributed by atoms with van der Waals surface area (Å²) in [5, 5.41) is 20.0. The van der Waals surface area contributed by atoms with Gasteiger partial charge in [-0.2, -0.15) is 5.26 Å². The number of pyridine rings is 1. The number of nitrogens with zero attached hydrogens (tertiary/aromatic N) is 4. The number of piperidine rings is 1. The number of carbonyl (C=O) groups excluding carboxylic acids is 3. The van der Waals surface area contributed by atoms with Crippen LogP contribution in [0.3, 0.4) is 0 Å². The number of likely N-dealkylation sites (tertiary alicyclic amines) is 1. The van der Waals surface area contributed by atoms with Gasteiger partial charge in [0.05, 0.1) is 22.4 Å².